The van der Waals surface area contributed by atoms with E-state index in [2.05, 4.69) is 32.8 Å². The second kappa shape index (κ2) is 10.8. The van der Waals surface area contributed by atoms with Gasteiger partial charge in [-0.15, -0.1) is 0 Å². The fourth-order valence-electron chi connectivity index (χ4n) is 4.36. The van der Waals surface area contributed by atoms with Crippen LogP contribution in [0.3, 0.4) is 0 Å². The van der Waals surface area contributed by atoms with Crippen molar-refractivity contribution in [1.82, 2.24) is 15.3 Å². The Balaban J connectivity index is 1.39. The summed E-state index contributed by atoms with van der Waals surface area (Å²) in [7, 11) is 1.73. The predicted molar refractivity (Wildman–Crippen MR) is 128 cm³/mol. The molecule has 0 radical (unpaired) electrons. The van der Waals surface area contributed by atoms with Gasteiger partial charge in [-0.1, -0.05) is 11.6 Å². The number of nitrogens with one attached hydrogen (secondary N) is 3. The van der Waals surface area contributed by atoms with Gasteiger partial charge < -0.3 is 20.7 Å². The maximum Gasteiger partial charge on any atom is 0.149 e. The minimum absolute atomic E-state index is 0.287. The van der Waals surface area contributed by atoms with Crippen LogP contribution in [0.2, 0.25) is 5.15 Å². The normalized spacial score (nSPS) is 21.9. The van der Waals surface area contributed by atoms with Gasteiger partial charge in [0.05, 0.1) is 24.7 Å². The topological polar surface area (TPSA) is 71.1 Å². The first kappa shape index (κ1) is 23.2. The molecule has 0 amide bonds. The number of hydrogen-bond donors (Lipinski definition) is 3. The van der Waals surface area contributed by atoms with Gasteiger partial charge in [0, 0.05) is 42.9 Å². The molecule has 2 aromatic rings. The van der Waals surface area contributed by atoms with E-state index in [1.807, 2.05) is 6.07 Å². The number of rotatable bonds is 10. The number of anilines is 2. The number of pyridine rings is 2. The summed E-state index contributed by atoms with van der Waals surface area (Å²) in [5, 5.41) is 10.8. The number of ether oxygens (including phenoxy) is 1. The van der Waals surface area contributed by atoms with Crippen molar-refractivity contribution in [2.75, 3.05) is 30.9 Å². The Morgan fingerprint density at radius 1 is 1.06 bits per heavy atom. The van der Waals surface area contributed by atoms with Crippen LogP contribution in [-0.2, 0) is 4.74 Å². The maximum absolute atomic E-state index is 14.7. The first-order chi connectivity index (χ1) is 15.5. The molecule has 2 aliphatic rings. The Bertz CT molecular complexity index is 902. The molecule has 6 nitrogen and oxygen atoms in total. The number of halogens is 2. The third-order valence-corrected chi connectivity index (χ3v) is 6.59. The van der Waals surface area contributed by atoms with Gasteiger partial charge >= 0.3 is 0 Å². The van der Waals surface area contributed by atoms with Crippen molar-refractivity contribution in [3.8, 4) is 11.1 Å². The lowest BCUT2D eigenvalue weighted by Crippen LogP contribution is -2.42. The van der Waals surface area contributed by atoms with E-state index in [4.69, 9.17) is 16.3 Å². The molecule has 0 saturated heterocycles. The highest BCUT2D eigenvalue weighted by atomic mass is 35.5. The molecule has 4 rings (SSSR count). The molecule has 2 fully saturated rings. The number of methoxy groups -OCH3 is 1. The highest BCUT2D eigenvalue weighted by Crippen LogP contribution is 2.34. The van der Waals surface area contributed by atoms with E-state index in [9.17, 15) is 4.39 Å². The summed E-state index contributed by atoms with van der Waals surface area (Å²) in [6.45, 7) is 3.78. The average Bonchev–Trinajstić information content (AvgIpc) is 3.61. The third-order valence-electron chi connectivity index (χ3n) is 6.29. The molecule has 8 heteroatoms. The Morgan fingerprint density at radius 2 is 1.81 bits per heavy atom. The van der Waals surface area contributed by atoms with Gasteiger partial charge in [-0.05, 0) is 63.5 Å². The van der Waals surface area contributed by atoms with Crippen molar-refractivity contribution in [3.05, 3.63) is 35.5 Å². The molecule has 0 aromatic carbocycles. The quantitative estimate of drug-likeness (QED) is 0.427. The summed E-state index contributed by atoms with van der Waals surface area (Å²) in [6, 6.07) is 4.79. The lowest BCUT2D eigenvalue weighted by Gasteiger charge is -2.31. The van der Waals surface area contributed by atoms with E-state index in [-0.39, 0.29) is 5.15 Å². The molecule has 2 aromatic heterocycles. The van der Waals surface area contributed by atoms with E-state index >= 15 is 0 Å². The van der Waals surface area contributed by atoms with Crippen LogP contribution in [-0.4, -0.2) is 48.4 Å². The molecule has 0 unspecified atom stereocenters. The molecule has 0 bridgehead atoms. The minimum atomic E-state index is -0.404. The van der Waals surface area contributed by atoms with Crippen molar-refractivity contribution >= 4 is 23.1 Å². The molecule has 0 aliphatic heterocycles. The zero-order valence-electron chi connectivity index (χ0n) is 18.8. The highest BCUT2D eigenvalue weighted by molar-refractivity contribution is 6.32. The zero-order valence-corrected chi connectivity index (χ0v) is 19.6. The van der Waals surface area contributed by atoms with Crippen LogP contribution in [0.1, 0.15) is 45.4 Å². The summed E-state index contributed by atoms with van der Waals surface area (Å²) in [4.78, 5) is 8.54. The van der Waals surface area contributed by atoms with Crippen molar-refractivity contribution in [1.29, 1.82) is 0 Å². The Kier molecular flexibility index (Phi) is 7.81. The fourth-order valence-corrected chi connectivity index (χ4v) is 4.56. The van der Waals surface area contributed by atoms with Crippen molar-refractivity contribution in [2.24, 2.45) is 5.92 Å². The second-order valence-corrected chi connectivity index (χ2v) is 9.51. The van der Waals surface area contributed by atoms with E-state index < -0.39 is 5.82 Å². The van der Waals surface area contributed by atoms with Crippen LogP contribution in [0.4, 0.5) is 15.9 Å². The molecule has 1 atom stereocenters. The van der Waals surface area contributed by atoms with Crippen molar-refractivity contribution in [3.63, 3.8) is 0 Å². The lowest BCUT2D eigenvalue weighted by molar-refractivity contribution is 0.161. The Morgan fingerprint density at radius 3 is 2.53 bits per heavy atom. The van der Waals surface area contributed by atoms with Crippen molar-refractivity contribution in [2.45, 2.75) is 63.6 Å². The fraction of sp³-hybridized carbons (Fsp3) is 0.583. The first-order valence-corrected chi connectivity index (χ1v) is 12.0. The average molecular weight is 462 g/mol. The molecule has 3 N–H and O–H groups in total. The molecule has 174 valence electrons. The number of hydrogen-bond acceptors (Lipinski definition) is 6. The molecular weight excluding hydrogens is 429 g/mol. The molecular formula is C24H33ClFN5O. The largest absolute Gasteiger partial charge is 0.384 e. The SMILES string of the molecule is COC[C@@H](C)NC1CCC(Nc2cc(-c3cc(NCC4CC4)cnc3Cl)c(F)cn2)CC1. The molecule has 2 aliphatic carbocycles. The van der Waals surface area contributed by atoms with Crippen LogP contribution in [0.25, 0.3) is 11.1 Å². The standard InChI is InChI=1S/C24H33ClFN5O/c1-15(14-32-2)30-17-5-7-18(8-6-17)31-23-10-20(22(26)13-28-23)21-9-19(12-29-24(21)25)27-11-16-3-4-16/h9-10,12-13,15-18,27,30H,3-8,11,14H2,1-2H3,(H,28,31)/t15-,17?,18?/m1/s1. The molecule has 0 spiro atoms. The monoisotopic (exact) mass is 461 g/mol. The lowest BCUT2D eigenvalue weighted by atomic mass is 9.90. The number of aromatic nitrogens is 2. The molecule has 2 heterocycles. The van der Waals surface area contributed by atoms with Crippen LogP contribution in [0.5, 0.6) is 0 Å². The number of nitrogens with zero attached hydrogens (tertiary/aromatic N) is 2. The molecule has 32 heavy (non-hydrogen) atoms. The van der Waals surface area contributed by atoms with Gasteiger partial charge in [0.1, 0.15) is 16.8 Å². The smallest absolute Gasteiger partial charge is 0.149 e. The maximum atomic E-state index is 14.7. The van der Waals surface area contributed by atoms with E-state index in [0.717, 1.165) is 50.4 Å². The van der Waals surface area contributed by atoms with Gasteiger partial charge in [-0.25, -0.2) is 14.4 Å². The van der Waals surface area contributed by atoms with Crippen LogP contribution < -0.4 is 16.0 Å². The van der Waals surface area contributed by atoms with E-state index in [1.165, 1.54) is 19.0 Å². The van der Waals surface area contributed by atoms with Crippen LogP contribution in [0, 0.1) is 11.7 Å². The summed E-state index contributed by atoms with van der Waals surface area (Å²) in [6.07, 6.45) is 9.74. The van der Waals surface area contributed by atoms with E-state index in [0.29, 0.717) is 35.1 Å². The first-order valence-electron chi connectivity index (χ1n) is 11.6. The second-order valence-electron chi connectivity index (χ2n) is 9.15. The van der Waals surface area contributed by atoms with Crippen molar-refractivity contribution < 1.29 is 9.13 Å². The van der Waals surface area contributed by atoms with Gasteiger partial charge in [0.25, 0.3) is 0 Å². The van der Waals surface area contributed by atoms with Gasteiger partial charge in [-0.3, -0.25) is 0 Å². The predicted octanol–water partition coefficient (Wildman–Crippen LogP) is 5.11. The Hall–Kier alpha value is -1.96. The molecule has 2 saturated carbocycles. The summed E-state index contributed by atoms with van der Waals surface area (Å²) in [5.74, 6) is 0.993. The van der Waals surface area contributed by atoms with Crippen LogP contribution in [0.15, 0.2) is 24.5 Å². The summed E-state index contributed by atoms with van der Waals surface area (Å²) in [5.41, 5.74) is 1.85. The highest BCUT2D eigenvalue weighted by Gasteiger charge is 2.23. The van der Waals surface area contributed by atoms with E-state index in [1.54, 1.807) is 19.4 Å². The summed E-state index contributed by atoms with van der Waals surface area (Å²) < 4.78 is 19.9. The van der Waals surface area contributed by atoms with Gasteiger partial charge in [-0.2, -0.15) is 0 Å². The van der Waals surface area contributed by atoms with Crippen LogP contribution >= 0.6 is 11.6 Å². The van der Waals surface area contributed by atoms with Gasteiger partial charge in [0.2, 0.25) is 0 Å². The van der Waals surface area contributed by atoms with Gasteiger partial charge in [0.15, 0.2) is 0 Å². The zero-order chi connectivity index (χ0) is 22.5. The summed E-state index contributed by atoms with van der Waals surface area (Å²) >= 11 is 6.34. The third kappa shape index (κ3) is 6.30. The Labute approximate surface area is 194 Å². The minimum Gasteiger partial charge on any atom is -0.384 e.